The van der Waals surface area contributed by atoms with Crippen molar-refractivity contribution in [2.45, 2.75) is 12.6 Å². The molecule has 0 spiro atoms. The summed E-state index contributed by atoms with van der Waals surface area (Å²) in [5, 5.41) is 8.46. The maximum absolute atomic E-state index is 13.0. The van der Waals surface area contributed by atoms with Crippen LogP contribution in [0.15, 0.2) is 24.3 Å². The summed E-state index contributed by atoms with van der Waals surface area (Å²) >= 11 is 0. The number of anilines is 1. The molecule has 0 saturated carbocycles. The predicted molar refractivity (Wildman–Crippen MR) is 57.1 cm³/mol. The van der Waals surface area contributed by atoms with Gasteiger partial charge in [-0.05, 0) is 18.2 Å². The Morgan fingerprint density at radius 2 is 1.89 bits per heavy atom. The highest BCUT2D eigenvalue weighted by Crippen LogP contribution is 2.24. The van der Waals surface area contributed by atoms with E-state index in [9.17, 15) is 27.2 Å². The summed E-state index contributed by atoms with van der Waals surface area (Å²) in [6, 6.07) is 3.94. The summed E-state index contributed by atoms with van der Waals surface area (Å²) in [5.41, 5.74) is -0.344. The number of nitrogens with zero attached hydrogens (tertiary/aromatic N) is 1. The van der Waals surface area contributed by atoms with Crippen molar-refractivity contribution in [3.8, 4) is 0 Å². The molecule has 0 aliphatic rings. The van der Waals surface area contributed by atoms with E-state index in [1.807, 2.05) is 0 Å². The summed E-state index contributed by atoms with van der Waals surface area (Å²) in [6.07, 6.45) is -5.84. The third-order valence-electron chi connectivity index (χ3n) is 2.16. The fourth-order valence-electron chi connectivity index (χ4n) is 1.35. The molecule has 1 amide bonds. The molecule has 0 aliphatic heterocycles. The van der Waals surface area contributed by atoms with Crippen molar-refractivity contribution in [1.82, 2.24) is 0 Å². The first kappa shape index (κ1) is 14.9. The third-order valence-corrected chi connectivity index (χ3v) is 2.16. The number of carboxylic acids is 1. The van der Waals surface area contributed by atoms with Crippen LogP contribution in [0.3, 0.4) is 0 Å². The second kappa shape index (κ2) is 5.68. The minimum absolute atomic E-state index is 0.192. The van der Waals surface area contributed by atoms with Gasteiger partial charge in [0.05, 0.1) is 6.42 Å². The normalized spacial score (nSPS) is 11.2. The van der Waals surface area contributed by atoms with Gasteiger partial charge in [-0.1, -0.05) is 6.07 Å². The van der Waals surface area contributed by atoms with Gasteiger partial charge in [-0.25, -0.2) is 4.39 Å². The minimum Gasteiger partial charge on any atom is -0.481 e. The fourth-order valence-corrected chi connectivity index (χ4v) is 1.35. The van der Waals surface area contributed by atoms with Gasteiger partial charge in [0.15, 0.2) is 0 Å². The lowest BCUT2D eigenvalue weighted by atomic mass is 10.2. The van der Waals surface area contributed by atoms with Gasteiger partial charge in [0.1, 0.15) is 5.82 Å². The zero-order valence-corrected chi connectivity index (χ0v) is 9.45. The van der Waals surface area contributed by atoms with E-state index in [2.05, 4.69) is 0 Å². The van der Waals surface area contributed by atoms with Crippen LogP contribution in [0.5, 0.6) is 0 Å². The van der Waals surface area contributed by atoms with Crippen molar-refractivity contribution in [2.75, 3.05) is 11.4 Å². The zero-order chi connectivity index (χ0) is 14.6. The van der Waals surface area contributed by atoms with Crippen molar-refractivity contribution >= 4 is 17.6 Å². The standard InChI is InChI=1S/C11H9F4NO3/c12-7-2-1-3-8(6-7)16(5-4-9(17)18)10(19)11(13,14)15/h1-3,6H,4-5H2,(H,17,18). The number of halogens is 4. The lowest BCUT2D eigenvalue weighted by Crippen LogP contribution is -2.42. The molecule has 4 nitrogen and oxygen atoms in total. The van der Waals surface area contributed by atoms with Gasteiger partial charge in [0, 0.05) is 12.2 Å². The highest BCUT2D eigenvalue weighted by atomic mass is 19.4. The van der Waals surface area contributed by atoms with E-state index in [4.69, 9.17) is 5.11 Å². The molecule has 1 N–H and O–H groups in total. The monoisotopic (exact) mass is 279 g/mol. The van der Waals surface area contributed by atoms with E-state index in [1.165, 1.54) is 0 Å². The van der Waals surface area contributed by atoms with Crippen molar-refractivity contribution in [3.05, 3.63) is 30.1 Å². The van der Waals surface area contributed by atoms with Crippen LogP contribution in [0.25, 0.3) is 0 Å². The Bertz CT molecular complexity index is 487. The molecule has 0 atom stereocenters. The van der Waals surface area contributed by atoms with E-state index >= 15 is 0 Å². The summed E-state index contributed by atoms with van der Waals surface area (Å²) in [5.74, 6) is -4.43. The van der Waals surface area contributed by atoms with Gasteiger partial charge < -0.3 is 10.0 Å². The molecule has 0 unspecified atom stereocenters. The Labute approximate surface area is 105 Å². The van der Waals surface area contributed by atoms with E-state index in [0.717, 1.165) is 24.3 Å². The van der Waals surface area contributed by atoms with Gasteiger partial charge in [0.2, 0.25) is 0 Å². The predicted octanol–water partition coefficient (Wildman–Crippen LogP) is 2.20. The van der Waals surface area contributed by atoms with E-state index in [-0.39, 0.29) is 10.6 Å². The molecule has 1 aromatic rings. The Morgan fingerprint density at radius 3 is 2.37 bits per heavy atom. The first-order valence-electron chi connectivity index (χ1n) is 5.08. The summed E-state index contributed by atoms with van der Waals surface area (Å²) in [7, 11) is 0. The first-order chi connectivity index (χ1) is 8.71. The van der Waals surface area contributed by atoms with Crippen LogP contribution in [0, 0.1) is 5.82 Å². The Kier molecular flexibility index (Phi) is 4.47. The molecule has 104 valence electrons. The second-order valence-electron chi connectivity index (χ2n) is 3.58. The molecule has 0 aliphatic carbocycles. The number of carbonyl (C=O) groups is 2. The summed E-state index contributed by atoms with van der Waals surface area (Å²) in [6.45, 7) is -0.697. The minimum atomic E-state index is -5.16. The van der Waals surface area contributed by atoms with Gasteiger partial charge in [-0.3, -0.25) is 9.59 Å². The lowest BCUT2D eigenvalue weighted by molar-refractivity contribution is -0.170. The molecule has 0 aromatic heterocycles. The Morgan fingerprint density at radius 1 is 1.26 bits per heavy atom. The first-order valence-corrected chi connectivity index (χ1v) is 5.08. The molecule has 0 saturated heterocycles. The number of hydrogen-bond donors (Lipinski definition) is 1. The smallest absolute Gasteiger partial charge is 0.471 e. The number of alkyl halides is 3. The average Bonchev–Trinajstić information content (AvgIpc) is 2.27. The van der Waals surface area contributed by atoms with Crippen LogP contribution in [0.4, 0.5) is 23.2 Å². The molecule has 0 heterocycles. The van der Waals surface area contributed by atoms with Crippen LogP contribution in [-0.4, -0.2) is 29.7 Å². The van der Waals surface area contributed by atoms with Gasteiger partial charge in [-0.15, -0.1) is 0 Å². The summed E-state index contributed by atoms with van der Waals surface area (Å²) in [4.78, 5) is 21.7. The quantitative estimate of drug-likeness (QED) is 0.859. The number of hydrogen-bond acceptors (Lipinski definition) is 2. The van der Waals surface area contributed by atoms with Crippen molar-refractivity contribution in [1.29, 1.82) is 0 Å². The number of carboxylic acid groups (broad SMARTS) is 1. The number of amides is 1. The number of benzene rings is 1. The Balaban J connectivity index is 3.05. The maximum Gasteiger partial charge on any atom is 0.471 e. The van der Waals surface area contributed by atoms with Crippen LogP contribution >= 0.6 is 0 Å². The highest BCUT2D eigenvalue weighted by Gasteiger charge is 2.43. The third kappa shape index (κ3) is 4.23. The molecular formula is C11H9F4NO3. The molecule has 0 fully saturated rings. The molecular weight excluding hydrogens is 270 g/mol. The molecule has 19 heavy (non-hydrogen) atoms. The summed E-state index contributed by atoms with van der Waals surface area (Å²) < 4.78 is 50.1. The largest absolute Gasteiger partial charge is 0.481 e. The van der Waals surface area contributed by atoms with Gasteiger partial charge in [-0.2, -0.15) is 13.2 Å². The van der Waals surface area contributed by atoms with Gasteiger partial charge in [0.25, 0.3) is 0 Å². The van der Waals surface area contributed by atoms with E-state index in [0.29, 0.717) is 0 Å². The topological polar surface area (TPSA) is 57.6 Å². The van der Waals surface area contributed by atoms with Crippen molar-refractivity contribution in [3.63, 3.8) is 0 Å². The Hall–Kier alpha value is -2.12. The average molecular weight is 279 g/mol. The van der Waals surface area contributed by atoms with Gasteiger partial charge >= 0.3 is 18.1 Å². The van der Waals surface area contributed by atoms with E-state index < -0.39 is 36.8 Å². The molecule has 0 radical (unpaired) electrons. The van der Waals surface area contributed by atoms with Crippen molar-refractivity contribution in [2.24, 2.45) is 0 Å². The number of aliphatic carboxylic acids is 1. The zero-order valence-electron chi connectivity index (χ0n) is 9.45. The number of rotatable bonds is 4. The van der Waals surface area contributed by atoms with Crippen molar-refractivity contribution < 1.29 is 32.3 Å². The second-order valence-corrected chi connectivity index (χ2v) is 3.58. The van der Waals surface area contributed by atoms with Crippen LogP contribution in [-0.2, 0) is 9.59 Å². The molecule has 0 bridgehead atoms. The molecule has 1 aromatic carbocycles. The van der Waals surface area contributed by atoms with Crippen LogP contribution < -0.4 is 4.90 Å². The SMILES string of the molecule is O=C(O)CCN(C(=O)C(F)(F)F)c1cccc(F)c1. The molecule has 1 rings (SSSR count). The highest BCUT2D eigenvalue weighted by molar-refractivity contribution is 5.97. The van der Waals surface area contributed by atoms with E-state index in [1.54, 1.807) is 0 Å². The van der Waals surface area contributed by atoms with Crippen LogP contribution in [0.2, 0.25) is 0 Å². The fraction of sp³-hybridized carbons (Fsp3) is 0.273. The lowest BCUT2D eigenvalue weighted by Gasteiger charge is -2.23. The molecule has 8 heteroatoms. The maximum atomic E-state index is 13.0. The number of carbonyl (C=O) groups excluding carboxylic acids is 1. The van der Waals surface area contributed by atoms with Crippen LogP contribution in [0.1, 0.15) is 6.42 Å².